The van der Waals surface area contributed by atoms with Gasteiger partial charge in [-0.25, -0.2) is 14.6 Å². The fourth-order valence-corrected chi connectivity index (χ4v) is 2.87. The molecule has 0 spiro atoms. The number of aryl methyl sites for hydroxylation is 1. The zero-order valence-corrected chi connectivity index (χ0v) is 12.7. The largest absolute Gasteiger partial charge is 0.380 e. The van der Waals surface area contributed by atoms with Crippen LogP contribution >= 0.6 is 11.3 Å². The van der Waals surface area contributed by atoms with E-state index in [1.807, 2.05) is 10.9 Å². The summed E-state index contributed by atoms with van der Waals surface area (Å²) in [6, 6.07) is 8.36. The molecule has 2 aromatic heterocycles. The first kappa shape index (κ1) is 13.8. The van der Waals surface area contributed by atoms with Crippen molar-refractivity contribution in [2.45, 2.75) is 26.4 Å². The highest BCUT2D eigenvalue weighted by atomic mass is 32.1. The molecule has 0 saturated carbocycles. The van der Waals surface area contributed by atoms with Gasteiger partial charge in [-0.15, -0.1) is 11.3 Å². The maximum Gasteiger partial charge on any atom is 0.137 e. The summed E-state index contributed by atoms with van der Waals surface area (Å²) in [6.45, 7) is 3.67. The standard InChI is InChI=1S/C15H17N5S/c1-2-15-18-8-14(21-15)7-17-13-5-3-4-12(6-13)9-20-11-16-10-19-20/h3-6,8,10-11,17H,2,7,9H2,1H3. The normalized spacial score (nSPS) is 10.7. The van der Waals surface area contributed by atoms with E-state index in [2.05, 4.69) is 51.6 Å². The van der Waals surface area contributed by atoms with Crippen molar-refractivity contribution in [2.24, 2.45) is 0 Å². The lowest BCUT2D eigenvalue weighted by molar-refractivity contribution is 0.685. The Morgan fingerprint density at radius 3 is 3.05 bits per heavy atom. The van der Waals surface area contributed by atoms with Crippen molar-refractivity contribution in [3.05, 3.63) is 58.6 Å². The third kappa shape index (κ3) is 3.66. The van der Waals surface area contributed by atoms with Gasteiger partial charge >= 0.3 is 0 Å². The van der Waals surface area contributed by atoms with Crippen LogP contribution in [0.1, 0.15) is 22.4 Å². The number of rotatable bonds is 6. The van der Waals surface area contributed by atoms with Crippen LogP contribution in [0.3, 0.4) is 0 Å². The average molecular weight is 299 g/mol. The highest BCUT2D eigenvalue weighted by Gasteiger charge is 2.01. The van der Waals surface area contributed by atoms with Crippen molar-refractivity contribution >= 4 is 17.0 Å². The topological polar surface area (TPSA) is 55.6 Å². The zero-order chi connectivity index (χ0) is 14.5. The third-order valence-electron chi connectivity index (χ3n) is 3.11. The van der Waals surface area contributed by atoms with E-state index in [9.17, 15) is 0 Å². The molecule has 0 amide bonds. The molecule has 3 aromatic rings. The van der Waals surface area contributed by atoms with Crippen LogP contribution in [0.2, 0.25) is 0 Å². The number of thiazole rings is 1. The predicted molar refractivity (Wildman–Crippen MR) is 84.4 cm³/mol. The molecule has 0 bridgehead atoms. The lowest BCUT2D eigenvalue weighted by Gasteiger charge is -2.07. The molecule has 1 N–H and O–H groups in total. The van der Waals surface area contributed by atoms with E-state index in [-0.39, 0.29) is 0 Å². The summed E-state index contributed by atoms with van der Waals surface area (Å²) >= 11 is 1.76. The SMILES string of the molecule is CCc1ncc(CNc2cccc(Cn3cncn3)c2)s1. The summed E-state index contributed by atoms with van der Waals surface area (Å²) in [7, 11) is 0. The van der Waals surface area contributed by atoms with E-state index in [1.165, 1.54) is 15.4 Å². The summed E-state index contributed by atoms with van der Waals surface area (Å²) in [5.74, 6) is 0. The Hall–Kier alpha value is -2.21. The Balaban J connectivity index is 1.63. The molecule has 21 heavy (non-hydrogen) atoms. The van der Waals surface area contributed by atoms with Crippen molar-refractivity contribution in [2.75, 3.05) is 5.32 Å². The molecule has 3 rings (SSSR count). The first-order chi connectivity index (χ1) is 10.3. The summed E-state index contributed by atoms with van der Waals surface area (Å²) in [6.07, 6.45) is 6.23. The maximum atomic E-state index is 4.37. The first-order valence-electron chi connectivity index (χ1n) is 6.92. The monoisotopic (exact) mass is 299 g/mol. The number of nitrogens with zero attached hydrogens (tertiary/aromatic N) is 4. The maximum absolute atomic E-state index is 4.37. The van der Waals surface area contributed by atoms with Crippen LogP contribution in [0.15, 0.2) is 43.1 Å². The second-order valence-electron chi connectivity index (χ2n) is 4.72. The fourth-order valence-electron chi connectivity index (χ4n) is 2.06. The molecular formula is C15H17N5S. The van der Waals surface area contributed by atoms with Crippen molar-refractivity contribution < 1.29 is 0 Å². The predicted octanol–water partition coefficient (Wildman–Crippen LogP) is 2.96. The molecule has 1 aromatic carbocycles. The Morgan fingerprint density at radius 2 is 2.29 bits per heavy atom. The minimum atomic E-state index is 0.732. The molecule has 0 saturated heterocycles. The second-order valence-corrected chi connectivity index (χ2v) is 5.92. The lowest BCUT2D eigenvalue weighted by atomic mass is 10.2. The quantitative estimate of drug-likeness (QED) is 0.760. The Kier molecular flexibility index (Phi) is 4.25. The Labute approximate surface area is 127 Å². The smallest absolute Gasteiger partial charge is 0.137 e. The third-order valence-corrected chi connectivity index (χ3v) is 4.25. The van der Waals surface area contributed by atoms with E-state index in [4.69, 9.17) is 0 Å². The molecule has 108 valence electrons. The molecule has 0 aliphatic heterocycles. The van der Waals surface area contributed by atoms with Gasteiger partial charge in [-0.3, -0.25) is 0 Å². The molecular weight excluding hydrogens is 282 g/mol. The van der Waals surface area contributed by atoms with Crippen molar-refractivity contribution in [1.82, 2.24) is 19.7 Å². The van der Waals surface area contributed by atoms with Crippen LogP contribution in [-0.4, -0.2) is 19.7 Å². The number of nitrogens with one attached hydrogen (secondary N) is 1. The van der Waals surface area contributed by atoms with E-state index in [0.717, 1.165) is 25.2 Å². The van der Waals surface area contributed by atoms with Gasteiger partial charge in [0.1, 0.15) is 12.7 Å². The Morgan fingerprint density at radius 1 is 1.33 bits per heavy atom. The second kappa shape index (κ2) is 6.49. The lowest BCUT2D eigenvalue weighted by Crippen LogP contribution is -2.02. The van der Waals surface area contributed by atoms with Gasteiger partial charge in [0, 0.05) is 16.8 Å². The van der Waals surface area contributed by atoms with Crippen LogP contribution in [0, 0.1) is 0 Å². The molecule has 0 aliphatic rings. The number of aromatic nitrogens is 4. The highest BCUT2D eigenvalue weighted by molar-refractivity contribution is 7.11. The van der Waals surface area contributed by atoms with Gasteiger partial charge in [-0.05, 0) is 24.1 Å². The minimum Gasteiger partial charge on any atom is -0.380 e. The molecule has 0 fully saturated rings. The molecule has 5 nitrogen and oxygen atoms in total. The van der Waals surface area contributed by atoms with Gasteiger partial charge in [-0.2, -0.15) is 5.10 Å². The molecule has 0 atom stereocenters. The van der Waals surface area contributed by atoms with E-state index < -0.39 is 0 Å². The van der Waals surface area contributed by atoms with Crippen LogP contribution in [0.25, 0.3) is 0 Å². The summed E-state index contributed by atoms with van der Waals surface area (Å²) in [5, 5.41) is 8.76. The van der Waals surface area contributed by atoms with Crippen molar-refractivity contribution in [1.29, 1.82) is 0 Å². The Bertz CT molecular complexity index is 690. The number of hydrogen-bond donors (Lipinski definition) is 1. The fraction of sp³-hybridized carbons (Fsp3) is 0.267. The first-order valence-corrected chi connectivity index (χ1v) is 7.74. The number of anilines is 1. The van der Waals surface area contributed by atoms with Gasteiger partial charge < -0.3 is 5.32 Å². The van der Waals surface area contributed by atoms with E-state index in [0.29, 0.717) is 0 Å². The van der Waals surface area contributed by atoms with Gasteiger partial charge in [-0.1, -0.05) is 19.1 Å². The highest BCUT2D eigenvalue weighted by Crippen LogP contribution is 2.17. The summed E-state index contributed by atoms with van der Waals surface area (Å²) in [5.41, 5.74) is 2.31. The van der Waals surface area contributed by atoms with Crippen molar-refractivity contribution in [3.8, 4) is 0 Å². The van der Waals surface area contributed by atoms with Crippen LogP contribution in [0.5, 0.6) is 0 Å². The molecule has 0 aliphatic carbocycles. The zero-order valence-electron chi connectivity index (χ0n) is 11.9. The summed E-state index contributed by atoms with van der Waals surface area (Å²) < 4.78 is 1.82. The van der Waals surface area contributed by atoms with Gasteiger partial charge in [0.05, 0.1) is 18.1 Å². The summed E-state index contributed by atoms with van der Waals surface area (Å²) in [4.78, 5) is 9.59. The average Bonchev–Trinajstić information content (AvgIpc) is 3.17. The number of benzene rings is 1. The van der Waals surface area contributed by atoms with Gasteiger partial charge in [0.25, 0.3) is 0 Å². The number of hydrogen-bond acceptors (Lipinski definition) is 5. The molecule has 0 unspecified atom stereocenters. The molecule has 2 heterocycles. The minimum absolute atomic E-state index is 0.732. The van der Waals surface area contributed by atoms with Crippen LogP contribution < -0.4 is 5.32 Å². The van der Waals surface area contributed by atoms with E-state index >= 15 is 0 Å². The van der Waals surface area contributed by atoms with E-state index in [1.54, 1.807) is 24.0 Å². The van der Waals surface area contributed by atoms with Crippen LogP contribution in [0.4, 0.5) is 5.69 Å². The molecule has 0 radical (unpaired) electrons. The van der Waals surface area contributed by atoms with Crippen LogP contribution in [-0.2, 0) is 19.5 Å². The molecule has 6 heteroatoms. The van der Waals surface area contributed by atoms with Crippen molar-refractivity contribution in [3.63, 3.8) is 0 Å². The van der Waals surface area contributed by atoms with Gasteiger partial charge in [0.15, 0.2) is 0 Å². The van der Waals surface area contributed by atoms with Gasteiger partial charge in [0.2, 0.25) is 0 Å².